The van der Waals surface area contributed by atoms with Crippen LogP contribution in [0.2, 0.25) is 0 Å². The van der Waals surface area contributed by atoms with E-state index in [1.54, 1.807) is 14.2 Å². The zero-order chi connectivity index (χ0) is 11.4. The van der Waals surface area contributed by atoms with Crippen molar-refractivity contribution in [3.63, 3.8) is 0 Å². The standard InChI is InChI=1S/C11H15NO2S/c1-8-4-5-10(14-3)9(6-8)7-12(2)11(13)15/h4-6H,7H2,1-3H3,(H,13,15). The van der Waals surface area contributed by atoms with Crippen LogP contribution in [-0.2, 0) is 6.54 Å². The second-order valence-corrected chi connectivity index (χ2v) is 3.84. The molecule has 1 rings (SSSR count). The minimum atomic E-state index is -0.251. The number of rotatable bonds is 3. The fourth-order valence-corrected chi connectivity index (χ4v) is 1.42. The maximum absolute atomic E-state index is 11.0. The molecular formula is C11H15NO2S. The van der Waals surface area contributed by atoms with Gasteiger partial charge < -0.3 is 9.64 Å². The molecule has 82 valence electrons. The molecule has 1 aromatic carbocycles. The van der Waals surface area contributed by atoms with Crippen molar-refractivity contribution in [3.05, 3.63) is 29.3 Å². The Labute approximate surface area is 95.4 Å². The van der Waals surface area contributed by atoms with Crippen molar-refractivity contribution in [1.82, 2.24) is 4.90 Å². The van der Waals surface area contributed by atoms with E-state index in [9.17, 15) is 4.79 Å². The van der Waals surface area contributed by atoms with Crippen LogP contribution >= 0.6 is 12.6 Å². The third kappa shape index (κ3) is 3.16. The Balaban J connectivity index is 2.91. The minimum absolute atomic E-state index is 0.251. The third-order valence-corrected chi connectivity index (χ3v) is 2.51. The van der Waals surface area contributed by atoms with Gasteiger partial charge in [-0.3, -0.25) is 4.79 Å². The average Bonchev–Trinajstić information content (AvgIpc) is 2.18. The molecule has 4 heteroatoms. The number of ether oxygens (including phenoxy) is 1. The summed E-state index contributed by atoms with van der Waals surface area (Å²) in [6.07, 6.45) is 0. The van der Waals surface area contributed by atoms with Gasteiger partial charge in [0.2, 0.25) is 0 Å². The first kappa shape index (κ1) is 11.9. The molecule has 0 atom stereocenters. The van der Waals surface area contributed by atoms with Gasteiger partial charge in [0.1, 0.15) is 5.75 Å². The topological polar surface area (TPSA) is 29.5 Å². The summed E-state index contributed by atoms with van der Waals surface area (Å²) in [5.74, 6) is 0.794. The summed E-state index contributed by atoms with van der Waals surface area (Å²) in [4.78, 5) is 12.5. The summed E-state index contributed by atoms with van der Waals surface area (Å²) >= 11 is 3.76. The summed E-state index contributed by atoms with van der Waals surface area (Å²) in [6, 6.07) is 5.89. The van der Waals surface area contributed by atoms with Crippen LogP contribution < -0.4 is 4.74 Å². The number of thiol groups is 1. The van der Waals surface area contributed by atoms with E-state index in [1.165, 1.54) is 4.90 Å². The van der Waals surface area contributed by atoms with E-state index in [-0.39, 0.29) is 5.24 Å². The molecule has 0 N–H and O–H groups in total. The first-order valence-corrected chi connectivity index (χ1v) is 5.07. The lowest BCUT2D eigenvalue weighted by Crippen LogP contribution is -2.20. The Morgan fingerprint density at radius 1 is 1.53 bits per heavy atom. The molecule has 15 heavy (non-hydrogen) atoms. The number of aryl methyl sites for hydroxylation is 1. The monoisotopic (exact) mass is 225 g/mol. The number of carbonyl (C=O) groups excluding carboxylic acids is 1. The molecule has 0 aromatic heterocycles. The molecule has 0 saturated carbocycles. The summed E-state index contributed by atoms with van der Waals surface area (Å²) in [5.41, 5.74) is 2.13. The lowest BCUT2D eigenvalue weighted by molar-refractivity contribution is 0.231. The van der Waals surface area contributed by atoms with E-state index in [0.717, 1.165) is 16.9 Å². The van der Waals surface area contributed by atoms with Gasteiger partial charge in [-0.2, -0.15) is 0 Å². The van der Waals surface area contributed by atoms with Gasteiger partial charge in [0, 0.05) is 19.2 Å². The van der Waals surface area contributed by atoms with Crippen molar-refractivity contribution in [2.24, 2.45) is 0 Å². The van der Waals surface area contributed by atoms with Gasteiger partial charge in [-0.1, -0.05) is 30.3 Å². The van der Waals surface area contributed by atoms with E-state index >= 15 is 0 Å². The largest absolute Gasteiger partial charge is 0.496 e. The fraction of sp³-hybridized carbons (Fsp3) is 0.364. The number of methoxy groups -OCH3 is 1. The Kier molecular flexibility index (Phi) is 4.03. The molecule has 0 fully saturated rings. The smallest absolute Gasteiger partial charge is 0.278 e. The van der Waals surface area contributed by atoms with Crippen molar-refractivity contribution in [2.75, 3.05) is 14.2 Å². The van der Waals surface area contributed by atoms with Crippen LogP contribution in [-0.4, -0.2) is 24.3 Å². The maximum Gasteiger partial charge on any atom is 0.278 e. The Bertz CT molecular complexity index is 366. The number of nitrogens with zero attached hydrogens (tertiary/aromatic N) is 1. The SMILES string of the molecule is COc1ccc(C)cc1CN(C)C(=O)S. The van der Waals surface area contributed by atoms with Crippen molar-refractivity contribution in [3.8, 4) is 5.75 Å². The lowest BCUT2D eigenvalue weighted by Gasteiger charge is -2.16. The van der Waals surface area contributed by atoms with Crippen LogP contribution in [0.5, 0.6) is 5.75 Å². The molecule has 1 aromatic rings. The van der Waals surface area contributed by atoms with Crippen LogP contribution in [0.25, 0.3) is 0 Å². The van der Waals surface area contributed by atoms with E-state index in [2.05, 4.69) is 12.6 Å². The van der Waals surface area contributed by atoms with Gasteiger partial charge >= 0.3 is 0 Å². The van der Waals surface area contributed by atoms with Crippen molar-refractivity contribution < 1.29 is 9.53 Å². The minimum Gasteiger partial charge on any atom is -0.496 e. The van der Waals surface area contributed by atoms with Gasteiger partial charge in [-0.05, 0) is 13.0 Å². The Hall–Kier alpha value is -1.16. The highest BCUT2D eigenvalue weighted by molar-refractivity contribution is 7.96. The van der Waals surface area contributed by atoms with Gasteiger partial charge in [-0.15, -0.1) is 0 Å². The zero-order valence-corrected chi connectivity index (χ0v) is 10.0. The first-order valence-electron chi connectivity index (χ1n) is 4.62. The second kappa shape index (κ2) is 5.07. The molecule has 0 aliphatic heterocycles. The number of carbonyl (C=O) groups is 1. The van der Waals surface area contributed by atoms with Gasteiger partial charge in [0.25, 0.3) is 5.24 Å². The molecule has 0 aliphatic carbocycles. The predicted octanol–water partition coefficient (Wildman–Crippen LogP) is 2.49. The first-order chi connectivity index (χ1) is 7.04. The highest BCUT2D eigenvalue weighted by atomic mass is 32.1. The number of amides is 1. The lowest BCUT2D eigenvalue weighted by atomic mass is 10.1. The summed E-state index contributed by atoms with van der Waals surface area (Å²) in [5, 5.41) is -0.251. The molecule has 0 bridgehead atoms. The molecule has 0 aliphatic rings. The van der Waals surface area contributed by atoms with Crippen LogP contribution in [0.4, 0.5) is 4.79 Å². The highest BCUT2D eigenvalue weighted by Crippen LogP contribution is 2.21. The molecule has 0 saturated heterocycles. The molecule has 0 spiro atoms. The van der Waals surface area contributed by atoms with Crippen LogP contribution in [0.3, 0.4) is 0 Å². The van der Waals surface area contributed by atoms with Gasteiger partial charge in [0.05, 0.1) is 7.11 Å². The zero-order valence-electron chi connectivity index (χ0n) is 9.15. The van der Waals surface area contributed by atoms with E-state index in [4.69, 9.17) is 4.74 Å². The van der Waals surface area contributed by atoms with E-state index in [0.29, 0.717) is 6.54 Å². The second-order valence-electron chi connectivity index (χ2n) is 3.45. The molecule has 3 nitrogen and oxygen atoms in total. The van der Waals surface area contributed by atoms with Crippen molar-refractivity contribution >= 4 is 17.9 Å². The average molecular weight is 225 g/mol. The Morgan fingerprint density at radius 2 is 2.20 bits per heavy atom. The third-order valence-electron chi connectivity index (χ3n) is 2.17. The van der Waals surface area contributed by atoms with Gasteiger partial charge in [-0.25, -0.2) is 0 Å². The summed E-state index contributed by atoms with van der Waals surface area (Å²) in [6.45, 7) is 2.51. The van der Waals surface area contributed by atoms with Gasteiger partial charge in [0.15, 0.2) is 0 Å². The van der Waals surface area contributed by atoms with Crippen molar-refractivity contribution in [1.29, 1.82) is 0 Å². The number of hydrogen-bond acceptors (Lipinski definition) is 2. The normalized spacial score (nSPS) is 9.87. The molecule has 1 amide bonds. The molecule has 0 unspecified atom stereocenters. The molecule has 0 radical (unpaired) electrons. The maximum atomic E-state index is 11.0. The highest BCUT2D eigenvalue weighted by Gasteiger charge is 2.08. The molecule has 0 heterocycles. The van der Waals surface area contributed by atoms with E-state index < -0.39 is 0 Å². The van der Waals surface area contributed by atoms with Crippen molar-refractivity contribution in [2.45, 2.75) is 13.5 Å². The Morgan fingerprint density at radius 3 is 2.73 bits per heavy atom. The molecular weight excluding hydrogens is 210 g/mol. The number of hydrogen-bond donors (Lipinski definition) is 1. The predicted molar refractivity (Wildman–Crippen MR) is 63.6 cm³/mol. The fourth-order valence-electron chi connectivity index (χ4n) is 1.35. The van der Waals surface area contributed by atoms with Crippen LogP contribution in [0.15, 0.2) is 18.2 Å². The van der Waals surface area contributed by atoms with E-state index in [1.807, 2.05) is 25.1 Å². The van der Waals surface area contributed by atoms with Crippen LogP contribution in [0.1, 0.15) is 11.1 Å². The summed E-state index contributed by atoms with van der Waals surface area (Å²) < 4.78 is 5.22. The quantitative estimate of drug-likeness (QED) is 0.801. The summed E-state index contributed by atoms with van der Waals surface area (Å²) in [7, 11) is 3.33. The van der Waals surface area contributed by atoms with Crippen LogP contribution in [0, 0.1) is 6.92 Å². The number of benzene rings is 1.